The van der Waals surface area contributed by atoms with Crippen LogP contribution in [0.25, 0.3) is 0 Å². The van der Waals surface area contributed by atoms with E-state index < -0.39 is 0 Å². The summed E-state index contributed by atoms with van der Waals surface area (Å²) in [6.07, 6.45) is 4.12. The molecule has 0 unspecified atom stereocenters. The van der Waals surface area contributed by atoms with Crippen LogP contribution in [0.15, 0.2) is 6.20 Å². The van der Waals surface area contributed by atoms with Gasteiger partial charge in [0.05, 0.1) is 12.7 Å². The van der Waals surface area contributed by atoms with Crippen molar-refractivity contribution in [1.29, 1.82) is 0 Å². The third-order valence-electron chi connectivity index (χ3n) is 3.52. The Morgan fingerprint density at radius 1 is 1.42 bits per heavy atom. The van der Waals surface area contributed by atoms with Crippen molar-refractivity contribution in [3.8, 4) is 0 Å². The lowest BCUT2D eigenvalue weighted by atomic mass is 9.89. The van der Waals surface area contributed by atoms with Crippen LogP contribution in [-0.4, -0.2) is 40.6 Å². The molecule has 19 heavy (non-hydrogen) atoms. The maximum Gasteiger partial charge on any atom is 0.236 e. The molecule has 2 N–H and O–H groups in total. The van der Waals surface area contributed by atoms with Gasteiger partial charge in [-0.2, -0.15) is 5.10 Å². The van der Waals surface area contributed by atoms with Crippen LogP contribution in [-0.2, 0) is 16.8 Å². The van der Waals surface area contributed by atoms with Crippen LogP contribution in [0, 0.1) is 0 Å². The molecule has 0 atom stereocenters. The van der Waals surface area contributed by atoms with Gasteiger partial charge in [-0.05, 0) is 12.8 Å². The number of rotatable bonds is 4. The first-order valence-electron chi connectivity index (χ1n) is 6.99. The van der Waals surface area contributed by atoms with Gasteiger partial charge >= 0.3 is 0 Å². The summed E-state index contributed by atoms with van der Waals surface area (Å²) in [5.74, 6) is 0.207. The van der Waals surface area contributed by atoms with Crippen molar-refractivity contribution in [2.75, 3.05) is 19.6 Å². The molecule has 106 valence electrons. The third kappa shape index (κ3) is 3.56. The summed E-state index contributed by atoms with van der Waals surface area (Å²) in [5, 5.41) is 10.4. The molecule has 1 amide bonds. The van der Waals surface area contributed by atoms with E-state index in [1.807, 2.05) is 11.1 Å². The highest BCUT2D eigenvalue weighted by molar-refractivity contribution is 5.78. The number of carbonyl (C=O) groups is 1. The molecule has 1 aromatic heterocycles. The number of hydrogen-bond donors (Lipinski definition) is 2. The van der Waals surface area contributed by atoms with E-state index in [9.17, 15) is 4.79 Å². The summed E-state index contributed by atoms with van der Waals surface area (Å²) in [7, 11) is 0. The van der Waals surface area contributed by atoms with E-state index in [0.29, 0.717) is 13.1 Å². The minimum atomic E-state index is 0.0481. The molecule has 1 aromatic rings. The van der Waals surface area contributed by atoms with Crippen LogP contribution < -0.4 is 5.32 Å². The summed E-state index contributed by atoms with van der Waals surface area (Å²) in [4.78, 5) is 13.8. The summed E-state index contributed by atoms with van der Waals surface area (Å²) >= 11 is 0. The lowest BCUT2D eigenvalue weighted by Crippen LogP contribution is -2.36. The summed E-state index contributed by atoms with van der Waals surface area (Å²) in [6, 6.07) is 0. The number of nitrogens with zero attached hydrogens (tertiary/aromatic N) is 2. The zero-order valence-corrected chi connectivity index (χ0v) is 12.1. The fourth-order valence-electron chi connectivity index (χ4n) is 2.48. The summed E-state index contributed by atoms with van der Waals surface area (Å²) < 4.78 is 0. The molecule has 1 fully saturated rings. The zero-order chi connectivity index (χ0) is 13.9. The molecule has 1 aliphatic rings. The van der Waals surface area contributed by atoms with Gasteiger partial charge in [0.2, 0.25) is 5.91 Å². The van der Waals surface area contributed by atoms with Gasteiger partial charge in [-0.15, -0.1) is 0 Å². The van der Waals surface area contributed by atoms with Crippen LogP contribution in [0.3, 0.4) is 0 Å². The fourth-order valence-corrected chi connectivity index (χ4v) is 2.48. The quantitative estimate of drug-likeness (QED) is 0.864. The smallest absolute Gasteiger partial charge is 0.236 e. The van der Waals surface area contributed by atoms with Crippen molar-refractivity contribution in [2.45, 2.75) is 45.6 Å². The van der Waals surface area contributed by atoms with Gasteiger partial charge in [0.1, 0.15) is 0 Å². The maximum absolute atomic E-state index is 11.9. The second-order valence-electron chi connectivity index (χ2n) is 6.21. The molecular weight excluding hydrogens is 240 g/mol. The zero-order valence-electron chi connectivity index (χ0n) is 12.1. The largest absolute Gasteiger partial charge is 0.342 e. The summed E-state index contributed by atoms with van der Waals surface area (Å²) in [5.41, 5.74) is 2.32. The normalized spacial score (nSPS) is 16.1. The Kier molecular flexibility index (Phi) is 4.24. The first-order chi connectivity index (χ1) is 8.98. The van der Waals surface area contributed by atoms with Crippen molar-refractivity contribution in [1.82, 2.24) is 20.4 Å². The molecular formula is C14H24N4O. The van der Waals surface area contributed by atoms with E-state index in [-0.39, 0.29) is 11.3 Å². The van der Waals surface area contributed by atoms with Crippen molar-refractivity contribution < 1.29 is 4.79 Å². The highest BCUT2D eigenvalue weighted by Crippen LogP contribution is 2.23. The van der Waals surface area contributed by atoms with Crippen LogP contribution in [0.4, 0.5) is 0 Å². The standard InChI is InChI=1S/C14H24N4O/c1-14(2,3)13-11(9-16-17-13)8-15-10-12(19)18-6-4-5-7-18/h9,15H,4-8,10H2,1-3H3,(H,16,17). The number of likely N-dealkylation sites (tertiary alicyclic amines) is 1. The van der Waals surface area contributed by atoms with Crippen molar-refractivity contribution in [2.24, 2.45) is 0 Å². The number of H-pyrrole nitrogens is 1. The fraction of sp³-hybridized carbons (Fsp3) is 0.714. The van der Waals surface area contributed by atoms with Gasteiger partial charge in [-0.3, -0.25) is 9.89 Å². The van der Waals surface area contributed by atoms with Gasteiger partial charge in [0, 0.05) is 36.3 Å². The van der Waals surface area contributed by atoms with Gasteiger partial charge in [0.15, 0.2) is 0 Å². The lowest BCUT2D eigenvalue weighted by Gasteiger charge is -2.19. The number of carbonyl (C=O) groups excluding carboxylic acids is 1. The molecule has 0 saturated carbocycles. The monoisotopic (exact) mass is 264 g/mol. The Morgan fingerprint density at radius 2 is 2.11 bits per heavy atom. The predicted molar refractivity (Wildman–Crippen MR) is 74.8 cm³/mol. The Hall–Kier alpha value is -1.36. The number of amides is 1. The first-order valence-corrected chi connectivity index (χ1v) is 6.99. The molecule has 1 aliphatic heterocycles. The van der Waals surface area contributed by atoms with Crippen LogP contribution in [0.5, 0.6) is 0 Å². The first kappa shape index (κ1) is 14.1. The predicted octanol–water partition coefficient (Wildman–Crippen LogP) is 1.42. The summed E-state index contributed by atoms with van der Waals surface area (Å²) in [6.45, 7) is 9.38. The molecule has 0 spiro atoms. The van der Waals surface area contributed by atoms with Crippen molar-refractivity contribution >= 4 is 5.91 Å². The van der Waals surface area contributed by atoms with Gasteiger partial charge in [-0.25, -0.2) is 0 Å². The highest BCUT2D eigenvalue weighted by atomic mass is 16.2. The van der Waals surface area contributed by atoms with Crippen molar-refractivity contribution in [3.63, 3.8) is 0 Å². The van der Waals surface area contributed by atoms with Crippen LogP contribution in [0.1, 0.15) is 44.9 Å². The van der Waals surface area contributed by atoms with E-state index in [4.69, 9.17) is 0 Å². The van der Waals surface area contributed by atoms with Crippen LogP contribution in [0.2, 0.25) is 0 Å². The second-order valence-corrected chi connectivity index (χ2v) is 6.21. The molecule has 2 rings (SSSR count). The van der Waals surface area contributed by atoms with Gasteiger partial charge in [0.25, 0.3) is 0 Å². The maximum atomic E-state index is 11.9. The average Bonchev–Trinajstić information content (AvgIpc) is 2.98. The minimum Gasteiger partial charge on any atom is -0.342 e. The molecule has 1 saturated heterocycles. The van der Waals surface area contributed by atoms with Gasteiger partial charge in [-0.1, -0.05) is 20.8 Å². The number of hydrogen-bond acceptors (Lipinski definition) is 3. The van der Waals surface area contributed by atoms with E-state index in [1.165, 1.54) is 0 Å². The lowest BCUT2D eigenvalue weighted by molar-refractivity contribution is -0.129. The second kappa shape index (κ2) is 5.74. The van der Waals surface area contributed by atoms with E-state index in [0.717, 1.165) is 37.2 Å². The molecule has 0 radical (unpaired) electrons. The molecule has 5 heteroatoms. The number of nitrogens with one attached hydrogen (secondary N) is 2. The van der Waals surface area contributed by atoms with E-state index in [2.05, 4.69) is 36.3 Å². The van der Waals surface area contributed by atoms with E-state index >= 15 is 0 Å². The number of aromatic amines is 1. The van der Waals surface area contributed by atoms with Crippen LogP contribution >= 0.6 is 0 Å². The van der Waals surface area contributed by atoms with E-state index in [1.54, 1.807) is 0 Å². The highest BCUT2D eigenvalue weighted by Gasteiger charge is 2.20. The molecule has 5 nitrogen and oxygen atoms in total. The van der Waals surface area contributed by atoms with Gasteiger partial charge < -0.3 is 10.2 Å². The Bertz CT molecular complexity index is 427. The molecule has 0 aromatic carbocycles. The topological polar surface area (TPSA) is 61.0 Å². The Balaban J connectivity index is 1.83. The molecule has 0 aliphatic carbocycles. The number of aromatic nitrogens is 2. The molecule has 0 bridgehead atoms. The Labute approximate surface area is 114 Å². The SMILES string of the molecule is CC(C)(C)c1[nH]ncc1CNCC(=O)N1CCCC1. The Morgan fingerprint density at radius 3 is 2.74 bits per heavy atom. The molecule has 2 heterocycles. The van der Waals surface area contributed by atoms with Crippen molar-refractivity contribution in [3.05, 3.63) is 17.5 Å². The average molecular weight is 264 g/mol. The third-order valence-corrected chi connectivity index (χ3v) is 3.52. The minimum absolute atomic E-state index is 0.0481.